The van der Waals surface area contributed by atoms with Crippen molar-refractivity contribution in [3.05, 3.63) is 82.1 Å². The van der Waals surface area contributed by atoms with Crippen molar-refractivity contribution in [1.29, 1.82) is 5.26 Å². The summed E-state index contributed by atoms with van der Waals surface area (Å²) in [5.74, 6) is -0.518. The molecule has 2 aromatic carbocycles. The van der Waals surface area contributed by atoms with Crippen LogP contribution < -0.4 is 11.3 Å². The maximum atomic E-state index is 11.7. The number of carbonyl (C=O) groups is 1. The van der Waals surface area contributed by atoms with Gasteiger partial charge in [0.15, 0.2) is 5.65 Å². The number of rotatable bonds is 3. The third kappa shape index (κ3) is 3.10. The smallest absolute Gasteiger partial charge is 0.249 e. The molecule has 0 atom stereocenters. The summed E-state index contributed by atoms with van der Waals surface area (Å²) in [5, 5.41) is 9.21. The van der Waals surface area contributed by atoms with E-state index in [1.165, 1.54) is 6.07 Å². The summed E-state index contributed by atoms with van der Waals surface area (Å²) in [4.78, 5) is 35.0. The van der Waals surface area contributed by atoms with Crippen LogP contribution >= 0.6 is 0 Å². The number of nitrogens with two attached hydrogens (primary N) is 1. The van der Waals surface area contributed by atoms with E-state index in [-0.39, 0.29) is 5.56 Å². The summed E-state index contributed by atoms with van der Waals surface area (Å²) in [7, 11) is 0. The number of primary amides is 1. The second-order valence-electron chi connectivity index (χ2n) is 6.11. The highest BCUT2D eigenvalue weighted by molar-refractivity contribution is 5.93. The fraction of sp³-hybridized carbons (Fsp3) is 0. The number of pyridine rings is 1. The van der Waals surface area contributed by atoms with Crippen LogP contribution in [-0.4, -0.2) is 20.9 Å². The molecule has 0 bridgehead atoms. The summed E-state index contributed by atoms with van der Waals surface area (Å²) < 4.78 is 0. The second-order valence-corrected chi connectivity index (χ2v) is 6.11. The average Bonchev–Trinajstić information content (AvgIpc) is 2.73. The van der Waals surface area contributed by atoms with Crippen molar-refractivity contribution >= 4 is 17.1 Å². The Labute approximate surface area is 159 Å². The number of carbonyl (C=O) groups excluding carboxylic acids is 1. The second kappa shape index (κ2) is 6.78. The van der Waals surface area contributed by atoms with E-state index in [1.54, 1.807) is 48.5 Å². The number of hydrogen-bond acceptors (Lipinski definition) is 5. The lowest BCUT2D eigenvalue weighted by Gasteiger charge is -2.11. The minimum absolute atomic E-state index is 0.280. The molecule has 7 heteroatoms. The number of amides is 1. The van der Waals surface area contributed by atoms with Crippen LogP contribution in [0.5, 0.6) is 0 Å². The van der Waals surface area contributed by atoms with E-state index in [0.29, 0.717) is 39.2 Å². The average molecular weight is 367 g/mol. The standard InChI is InChI=1S/C21H13N5O2/c22-11-12-2-1-3-15(10-12)19-18(13-4-6-14(7-5-13)20(23)28)24-16-8-9-17(27)25-21(16)26-19/h1-10H,(H2,23,28)(H,25,26,27). The molecule has 28 heavy (non-hydrogen) atoms. The van der Waals surface area contributed by atoms with Crippen LogP contribution in [-0.2, 0) is 0 Å². The molecular weight excluding hydrogens is 354 g/mol. The van der Waals surface area contributed by atoms with E-state index in [1.807, 2.05) is 6.07 Å². The van der Waals surface area contributed by atoms with Gasteiger partial charge in [-0.15, -0.1) is 0 Å². The lowest BCUT2D eigenvalue weighted by Crippen LogP contribution is -2.10. The molecule has 2 heterocycles. The van der Waals surface area contributed by atoms with Gasteiger partial charge in [0.05, 0.1) is 23.0 Å². The van der Waals surface area contributed by atoms with Crippen molar-refractivity contribution in [3.8, 4) is 28.6 Å². The molecule has 3 N–H and O–H groups in total. The van der Waals surface area contributed by atoms with Gasteiger partial charge in [-0.3, -0.25) is 9.59 Å². The first-order chi connectivity index (χ1) is 13.5. The summed E-state index contributed by atoms with van der Waals surface area (Å²) in [5.41, 5.74) is 9.26. The highest BCUT2D eigenvalue weighted by Crippen LogP contribution is 2.31. The van der Waals surface area contributed by atoms with Crippen molar-refractivity contribution in [3.63, 3.8) is 0 Å². The molecule has 1 amide bonds. The molecule has 4 rings (SSSR count). The van der Waals surface area contributed by atoms with Crippen LogP contribution in [0.2, 0.25) is 0 Å². The first kappa shape index (κ1) is 17.1. The predicted molar refractivity (Wildman–Crippen MR) is 104 cm³/mol. The molecule has 0 unspecified atom stereocenters. The fourth-order valence-electron chi connectivity index (χ4n) is 2.90. The fourth-order valence-corrected chi connectivity index (χ4v) is 2.90. The van der Waals surface area contributed by atoms with Gasteiger partial charge in [-0.2, -0.15) is 5.26 Å². The Balaban J connectivity index is 2.00. The third-order valence-corrected chi connectivity index (χ3v) is 4.26. The minimum Gasteiger partial charge on any atom is -0.366 e. The molecule has 4 aromatic rings. The zero-order valence-corrected chi connectivity index (χ0v) is 14.5. The Kier molecular flexibility index (Phi) is 4.14. The van der Waals surface area contributed by atoms with Gasteiger partial charge in [0, 0.05) is 22.8 Å². The topological polar surface area (TPSA) is 126 Å². The number of aromatic nitrogens is 3. The summed E-state index contributed by atoms with van der Waals surface area (Å²) in [6, 6.07) is 18.8. The van der Waals surface area contributed by atoms with Crippen LogP contribution in [0.25, 0.3) is 33.7 Å². The maximum Gasteiger partial charge on any atom is 0.249 e. The van der Waals surface area contributed by atoms with Gasteiger partial charge >= 0.3 is 0 Å². The Morgan fingerprint density at radius 1 is 0.964 bits per heavy atom. The van der Waals surface area contributed by atoms with Crippen LogP contribution in [0.4, 0.5) is 0 Å². The molecule has 0 fully saturated rings. The van der Waals surface area contributed by atoms with E-state index in [0.717, 1.165) is 5.56 Å². The molecule has 7 nitrogen and oxygen atoms in total. The van der Waals surface area contributed by atoms with Gasteiger partial charge < -0.3 is 10.7 Å². The number of hydrogen-bond donors (Lipinski definition) is 2. The van der Waals surface area contributed by atoms with E-state index < -0.39 is 5.91 Å². The Morgan fingerprint density at radius 2 is 1.71 bits per heavy atom. The highest BCUT2D eigenvalue weighted by Gasteiger charge is 2.15. The van der Waals surface area contributed by atoms with Crippen molar-refractivity contribution in [2.24, 2.45) is 5.73 Å². The van der Waals surface area contributed by atoms with Gasteiger partial charge in [-0.1, -0.05) is 24.3 Å². The van der Waals surface area contributed by atoms with Gasteiger partial charge in [-0.25, -0.2) is 9.97 Å². The van der Waals surface area contributed by atoms with E-state index in [2.05, 4.69) is 21.0 Å². The number of nitriles is 1. The lowest BCUT2D eigenvalue weighted by molar-refractivity contribution is 0.100. The predicted octanol–water partition coefficient (Wildman–Crippen LogP) is 2.62. The van der Waals surface area contributed by atoms with E-state index >= 15 is 0 Å². The zero-order chi connectivity index (χ0) is 19.7. The first-order valence-electron chi connectivity index (χ1n) is 8.37. The van der Waals surface area contributed by atoms with Crippen LogP contribution in [0.1, 0.15) is 15.9 Å². The molecule has 0 radical (unpaired) electrons. The zero-order valence-electron chi connectivity index (χ0n) is 14.5. The van der Waals surface area contributed by atoms with Crippen LogP contribution in [0, 0.1) is 11.3 Å². The molecule has 134 valence electrons. The largest absolute Gasteiger partial charge is 0.366 e. The SMILES string of the molecule is N#Cc1cccc(-c2nc3[nH]c(=O)ccc3nc2-c2ccc(C(N)=O)cc2)c1. The number of nitrogens with one attached hydrogen (secondary N) is 1. The quantitative estimate of drug-likeness (QED) is 0.576. The number of aromatic amines is 1. The Hall–Kier alpha value is -4.31. The van der Waals surface area contributed by atoms with Crippen molar-refractivity contribution in [2.75, 3.05) is 0 Å². The molecule has 0 spiro atoms. The van der Waals surface area contributed by atoms with Crippen LogP contribution in [0.3, 0.4) is 0 Å². The Bertz CT molecular complexity index is 1320. The number of H-pyrrole nitrogens is 1. The molecule has 0 saturated heterocycles. The molecule has 0 aliphatic rings. The Morgan fingerprint density at radius 3 is 2.43 bits per heavy atom. The van der Waals surface area contributed by atoms with Gasteiger partial charge in [0.25, 0.3) is 0 Å². The number of fused-ring (bicyclic) bond motifs is 1. The molecule has 0 saturated carbocycles. The van der Waals surface area contributed by atoms with E-state index in [9.17, 15) is 14.9 Å². The van der Waals surface area contributed by atoms with Crippen molar-refractivity contribution in [1.82, 2.24) is 15.0 Å². The van der Waals surface area contributed by atoms with Crippen molar-refractivity contribution in [2.45, 2.75) is 0 Å². The third-order valence-electron chi connectivity index (χ3n) is 4.26. The highest BCUT2D eigenvalue weighted by atomic mass is 16.1. The van der Waals surface area contributed by atoms with Crippen molar-refractivity contribution < 1.29 is 4.79 Å². The molecule has 2 aromatic heterocycles. The van der Waals surface area contributed by atoms with E-state index in [4.69, 9.17) is 5.73 Å². The minimum atomic E-state index is -0.518. The summed E-state index contributed by atoms with van der Waals surface area (Å²) >= 11 is 0. The lowest BCUT2D eigenvalue weighted by atomic mass is 10.0. The summed E-state index contributed by atoms with van der Waals surface area (Å²) in [6.07, 6.45) is 0. The first-order valence-corrected chi connectivity index (χ1v) is 8.37. The monoisotopic (exact) mass is 367 g/mol. The van der Waals surface area contributed by atoms with Crippen LogP contribution in [0.15, 0.2) is 65.5 Å². The normalized spacial score (nSPS) is 10.5. The molecule has 0 aliphatic heterocycles. The number of nitrogens with zero attached hydrogens (tertiary/aromatic N) is 3. The maximum absolute atomic E-state index is 11.7. The van der Waals surface area contributed by atoms with Gasteiger partial charge in [0.2, 0.25) is 11.5 Å². The van der Waals surface area contributed by atoms with Gasteiger partial charge in [-0.05, 0) is 30.3 Å². The van der Waals surface area contributed by atoms with Gasteiger partial charge in [0.1, 0.15) is 5.52 Å². The summed E-state index contributed by atoms with van der Waals surface area (Å²) in [6.45, 7) is 0. The number of benzene rings is 2. The molecular formula is C21H13N5O2. The molecule has 0 aliphatic carbocycles.